The van der Waals surface area contributed by atoms with E-state index in [-0.39, 0.29) is 6.10 Å². The lowest BCUT2D eigenvalue weighted by atomic mass is 9.77. The van der Waals surface area contributed by atoms with E-state index in [1.54, 1.807) is 0 Å². The molecule has 2 fully saturated rings. The average molecular weight is 164 g/mol. The van der Waals surface area contributed by atoms with Crippen LogP contribution in [-0.2, 0) is 0 Å². The molecule has 1 N–H and O–H groups in total. The van der Waals surface area contributed by atoms with E-state index in [9.17, 15) is 5.11 Å². The Kier molecular flexibility index (Phi) is 1.88. The van der Waals surface area contributed by atoms with Crippen LogP contribution in [0, 0.1) is 23.7 Å². The molecule has 2 aliphatic carbocycles. The van der Waals surface area contributed by atoms with Gasteiger partial charge in [-0.05, 0) is 37.0 Å². The first kappa shape index (κ1) is 8.13. The minimum Gasteiger partial charge on any atom is -0.393 e. The van der Waals surface area contributed by atoms with Gasteiger partial charge in [-0.2, -0.15) is 0 Å². The van der Waals surface area contributed by atoms with Crippen molar-refractivity contribution in [1.82, 2.24) is 0 Å². The van der Waals surface area contributed by atoms with Crippen molar-refractivity contribution in [2.24, 2.45) is 11.3 Å². The van der Waals surface area contributed by atoms with Gasteiger partial charge in [0.1, 0.15) is 0 Å². The minimum absolute atomic E-state index is 0.0548. The first-order valence-corrected chi connectivity index (χ1v) is 4.90. The fraction of sp³-hybridized carbons (Fsp3) is 0.818. The number of terminal acetylenes is 1. The van der Waals surface area contributed by atoms with E-state index in [0.29, 0.717) is 11.3 Å². The van der Waals surface area contributed by atoms with Crippen molar-refractivity contribution < 1.29 is 5.11 Å². The first-order valence-electron chi connectivity index (χ1n) is 4.90. The van der Waals surface area contributed by atoms with Gasteiger partial charge in [0.25, 0.3) is 0 Å². The molecule has 0 amide bonds. The van der Waals surface area contributed by atoms with Crippen molar-refractivity contribution in [2.75, 3.05) is 0 Å². The first-order chi connectivity index (χ1) is 5.78. The molecule has 0 bridgehead atoms. The molecule has 0 heterocycles. The third-order valence-electron chi connectivity index (χ3n) is 3.83. The van der Waals surface area contributed by atoms with E-state index < -0.39 is 0 Å². The van der Waals surface area contributed by atoms with Crippen molar-refractivity contribution in [3.63, 3.8) is 0 Å². The number of hydrogen-bond donors (Lipinski definition) is 1. The van der Waals surface area contributed by atoms with Crippen LogP contribution in [0.5, 0.6) is 0 Å². The Bertz CT molecular complexity index is 216. The van der Waals surface area contributed by atoms with Gasteiger partial charge >= 0.3 is 0 Å². The lowest BCUT2D eigenvalue weighted by Gasteiger charge is -2.27. The smallest absolute Gasteiger partial charge is 0.0574 e. The molecule has 2 aliphatic rings. The molecule has 0 aromatic heterocycles. The van der Waals surface area contributed by atoms with E-state index in [4.69, 9.17) is 6.42 Å². The van der Waals surface area contributed by atoms with Crippen molar-refractivity contribution >= 4 is 0 Å². The Hall–Kier alpha value is -0.480. The molecular weight excluding hydrogens is 148 g/mol. The second-order valence-electron chi connectivity index (χ2n) is 4.35. The molecule has 0 radical (unpaired) electrons. The van der Waals surface area contributed by atoms with Crippen LogP contribution in [0.1, 0.15) is 38.5 Å². The van der Waals surface area contributed by atoms with Crippen molar-refractivity contribution in [3.8, 4) is 12.3 Å². The average Bonchev–Trinajstić information content (AvgIpc) is 2.55. The maximum absolute atomic E-state index is 9.72. The summed E-state index contributed by atoms with van der Waals surface area (Å²) in [6.07, 6.45) is 12.0. The Labute approximate surface area is 74.2 Å². The van der Waals surface area contributed by atoms with Crippen LogP contribution in [0.15, 0.2) is 0 Å². The molecule has 0 aromatic carbocycles. The van der Waals surface area contributed by atoms with E-state index in [0.717, 1.165) is 19.3 Å². The number of hydrogen-bond acceptors (Lipinski definition) is 1. The molecule has 0 spiro atoms. The molecule has 2 saturated carbocycles. The molecule has 1 nitrogen and oxygen atoms in total. The molecule has 0 saturated heterocycles. The second kappa shape index (κ2) is 2.78. The fourth-order valence-electron chi connectivity index (χ4n) is 3.22. The Morgan fingerprint density at radius 1 is 1.42 bits per heavy atom. The highest BCUT2D eigenvalue weighted by atomic mass is 16.3. The van der Waals surface area contributed by atoms with Crippen LogP contribution in [0.3, 0.4) is 0 Å². The zero-order valence-corrected chi connectivity index (χ0v) is 7.42. The Morgan fingerprint density at radius 3 is 3.00 bits per heavy atom. The molecule has 3 unspecified atom stereocenters. The molecule has 3 atom stereocenters. The highest BCUT2D eigenvalue weighted by Crippen LogP contribution is 2.55. The summed E-state index contributed by atoms with van der Waals surface area (Å²) in [7, 11) is 0. The summed E-state index contributed by atoms with van der Waals surface area (Å²) in [5, 5.41) is 9.72. The Balaban J connectivity index is 2.18. The van der Waals surface area contributed by atoms with E-state index in [2.05, 4.69) is 5.92 Å². The highest BCUT2D eigenvalue weighted by Gasteiger charge is 2.49. The highest BCUT2D eigenvalue weighted by molar-refractivity contribution is 5.06. The predicted molar refractivity (Wildman–Crippen MR) is 48.5 cm³/mol. The summed E-state index contributed by atoms with van der Waals surface area (Å²) in [6.45, 7) is 0. The van der Waals surface area contributed by atoms with Crippen LogP contribution < -0.4 is 0 Å². The molecule has 0 aliphatic heterocycles. The van der Waals surface area contributed by atoms with E-state index in [1.807, 2.05) is 0 Å². The standard InChI is InChI=1S/C11H16O/c1-2-6-11-7-3-4-9(11)10(12)5-8-11/h1,9-10,12H,3-8H2. The van der Waals surface area contributed by atoms with Crippen LogP contribution >= 0.6 is 0 Å². The quantitative estimate of drug-likeness (QED) is 0.587. The maximum atomic E-state index is 9.72. The van der Waals surface area contributed by atoms with Gasteiger partial charge in [0.05, 0.1) is 6.10 Å². The minimum atomic E-state index is -0.0548. The van der Waals surface area contributed by atoms with Crippen molar-refractivity contribution in [1.29, 1.82) is 0 Å². The van der Waals surface area contributed by atoms with Gasteiger partial charge in [0.15, 0.2) is 0 Å². The summed E-state index contributed by atoms with van der Waals surface area (Å²) in [6, 6.07) is 0. The Morgan fingerprint density at radius 2 is 2.25 bits per heavy atom. The summed E-state index contributed by atoms with van der Waals surface area (Å²) in [4.78, 5) is 0. The maximum Gasteiger partial charge on any atom is 0.0574 e. The fourth-order valence-corrected chi connectivity index (χ4v) is 3.22. The van der Waals surface area contributed by atoms with Gasteiger partial charge in [0.2, 0.25) is 0 Å². The zero-order chi connectivity index (χ0) is 8.60. The molecule has 12 heavy (non-hydrogen) atoms. The van der Waals surface area contributed by atoms with Crippen molar-refractivity contribution in [3.05, 3.63) is 0 Å². The summed E-state index contributed by atoms with van der Waals surface area (Å²) < 4.78 is 0. The summed E-state index contributed by atoms with van der Waals surface area (Å²) in [5.74, 6) is 3.30. The lowest BCUT2D eigenvalue weighted by molar-refractivity contribution is 0.0991. The van der Waals surface area contributed by atoms with Gasteiger partial charge in [-0.3, -0.25) is 0 Å². The van der Waals surface area contributed by atoms with Gasteiger partial charge in [-0.25, -0.2) is 0 Å². The lowest BCUT2D eigenvalue weighted by Crippen LogP contribution is -2.24. The number of aliphatic hydroxyl groups excluding tert-OH is 1. The predicted octanol–water partition coefficient (Wildman–Crippen LogP) is 1.95. The van der Waals surface area contributed by atoms with Crippen LogP contribution in [-0.4, -0.2) is 11.2 Å². The zero-order valence-electron chi connectivity index (χ0n) is 7.42. The molecule has 2 rings (SSSR count). The number of fused-ring (bicyclic) bond motifs is 1. The summed E-state index contributed by atoms with van der Waals surface area (Å²) >= 11 is 0. The second-order valence-corrected chi connectivity index (χ2v) is 4.35. The van der Waals surface area contributed by atoms with E-state index in [1.165, 1.54) is 19.3 Å². The van der Waals surface area contributed by atoms with Crippen LogP contribution in [0.25, 0.3) is 0 Å². The third-order valence-corrected chi connectivity index (χ3v) is 3.83. The molecule has 0 aromatic rings. The van der Waals surface area contributed by atoms with Gasteiger partial charge in [0, 0.05) is 6.42 Å². The molecular formula is C11H16O. The van der Waals surface area contributed by atoms with Crippen LogP contribution in [0.2, 0.25) is 0 Å². The van der Waals surface area contributed by atoms with Crippen molar-refractivity contribution in [2.45, 2.75) is 44.6 Å². The van der Waals surface area contributed by atoms with Gasteiger partial charge < -0.3 is 5.11 Å². The van der Waals surface area contributed by atoms with E-state index >= 15 is 0 Å². The third kappa shape index (κ3) is 0.983. The van der Waals surface area contributed by atoms with Gasteiger partial charge in [-0.1, -0.05) is 6.42 Å². The number of rotatable bonds is 1. The summed E-state index contributed by atoms with van der Waals surface area (Å²) in [5.41, 5.74) is 0.341. The molecule has 66 valence electrons. The monoisotopic (exact) mass is 164 g/mol. The van der Waals surface area contributed by atoms with Crippen LogP contribution in [0.4, 0.5) is 0 Å². The normalized spacial score (nSPS) is 45.7. The topological polar surface area (TPSA) is 20.2 Å². The molecule has 1 heteroatoms. The SMILES string of the molecule is C#CCC12CCCC1C(O)CC2. The van der Waals surface area contributed by atoms with Gasteiger partial charge in [-0.15, -0.1) is 12.3 Å². The number of aliphatic hydroxyl groups is 1. The largest absolute Gasteiger partial charge is 0.393 e.